The molecule has 0 fully saturated rings. The second-order valence-corrected chi connectivity index (χ2v) is 5.79. The molecular weight excluding hydrogens is 316 g/mol. The van der Waals surface area contributed by atoms with Gasteiger partial charge in [0.1, 0.15) is 19.8 Å². The molecule has 8 heteroatoms. The highest BCUT2D eigenvalue weighted by molar-refractivity contribution is 5.81. The highest BCUT2D eigenvalue weighted by atomic mass is 16.5. The zero-order valence-corrected chi connectivity index (χ0v) is 15.1. The number of rotatable bonds is 14. The standard InChI is InChI=1S/C16H30N2O6/c1-12(2)14(19)9-22-7-5-17-15(20)10-23-8-6-18-16(21)11-24-13(3)4/h12-13H,5-11H2,1-4H3,(H,17,20)(H,18,21). The SMILES string of the molecule is CC(C)OCC(=O)NCCOCC(=O)NCCOCC(=O)C(C)C. The number of ketones is 1. The quantitative estimate of drug-likeness (QED) is 0.426. The first-order valence-electron chi connectivity index (χ1n) is 8.16. The Balaban J connectivity index is 3.44. The lowest BCUT2D eigenvalue weighted by atomic mass is 10.1. The topological polar surface area (TPSA) is 103 Å². The van der Waals surface area contributed by atoms with Crippen molar-refractivity contribution in [2.24, 2.45) is 5.92 Å². The van der Waals surface area contributed by atoms with E-state index in [0.717, 1.165) is 0 Å². The molecule has 0 bridgehead atoms. The van der Waals surface area contributed by atoms with Gasteiger partial charge in [0.25, 0.3) is 0 Å². The monoisotopic (exact) mass is 346 g/mol. The largest absolute Gasteiger partial charge is 0.372 e. The van der Waals surface area contributed by atoms with Gasteiger partial charge in [0.05, 0.1) is 19.3 Å². The van der Waals surface area contributed by atoms with E-state index in [0.29, 0.717) is 13.1 Å². The summed E-state index contributed by atoms with van der Waals surface area (Å²) in [6, 6.07) is 0. The molecule has 2 N–H and O–H groups in total. The summed E-state index contributed by atoms with van der Waals surface area (Å²) in [4.78, 5) is 34.1. The van der Waals surface area contributed by atoms with Crippen LogP contribution in [0.5, 0.6) is 0 Å². The normalized spacial score (nSPS) is 10.9. The fourth-order valence-electron chi connectivity index (χ4n) is 1.37. The Morgan fingerprint density at radius 1 is 0.792 bits per heavy atom. The van der Waals surface area contributed by atoms with Gasteiger partial charge in [-0.25, -0.2) is 0 Å². The number of ether oxygens (including phenoxy) is 3. The minimum Gasteiger partial charge on any atom is -0.372 e. The van der Waals surface area contributed by atoms with Crippen molar-refractivity contribution >= 4 is 17.6 Å². The van der Waals surface area contributed by atoms with Gasteiger partial charge in [-0.1, -0.05) is 13.8 Å². The van der Waals surface area contributed by atoms with E-state index in [9.17, 15) is 14.4 Å². The van der Waals surface area contributed by atoms with Crippen molar-refractivity contribution in [3.05, 3.63) is 0 Å². The molecule has 0 aromatic carbocycles. The summed E-state index contributed by atoms with van der Waals surface area (Å²) in [7, 11) is 0. The van der Waals surface area contributed by atoms with E-state index in [2.05, 4.69) is 10.6 Å². The average Bonchev–Trinajstić information content (AvgIpc) is 2.51. The first kappa shape index (κ1) is 22.5. The van der Waals surface area contributed by atoms with E-state index in [1.54, 1.807) is 0 Å². The van der Waals surface area contributed by atoms with Crippen LogP contribution in [0.15, 0.2) is 0 Å². The van der Waals surface area contributed by atoms with Crippen LogP contribution in [0.4, 0.5) is 0 Å². The first-order chi connectivity index (χ1) is 11.3. The van der Waals surface area contributed by atoms with E-state index in [1.165, 1.54) is 0 Å². The van der Waals surface area contributed by atoms with Crippen molar-refractivity contribution in [2.75, 3.05) is 46.1 Å². The Morgan fingerprint density at radius 3 is 1.79 bits per heavy atom. The Morgan fingerprint density at radius 2 is 1.29 bits per heavy atom. The predicted molar refractivity (Wildman–Crippen MR) is 88.6 cm³/mol. The molecule has 0 atom stereocenters. The molecule has 0 unspecified atom stereocenters. The molecule has 0 aliphatic heterocycles. The van der Waals surface area contributed by atoms with Gasteiger partial charge in [0, 0.05) is 19.0 Å². The molecule has 24 heavy (non-hydrogen) atoms. The maximum absolute atomic E-state index is 11.5. The van der Waals surface area contributed by atoms with Crippen molar-refractivity contribution in [3.8, 4) is 0 Å². The van der Waals surface area contributed by atoms with Crippen LogP contribution < -0.4 is 10.6 Å². The Bertz CT molecular complexity index is 385. The number of nitrogens with one attached hydrogen (secondary N) is 2. The summed E-state index contributed by atoms with van der Waals surface area (Å²) in [6.07, 6.45) is 0.00293. The Kier molecular flexibility index (Phi) is 13.0. The highest BCUT2D eigenvalue weighted by Crippen LogP contribution is 1.93. The van der Waals surface area contributed by atoms with E-state index in [-0.39, 0.29) is 62.7 Å². The van der Waals surface area contributed by atoms with Crippen LogP contribution in [0, 0.1) is 5.92 Å². The number of Topliss-reactive ketones (excluding diaryl/α,β-unsaturated/α-hetero) is 1. The second kappa shape index (κ2) is 13.9. The van der Waals surface area contributed by atoms with Crippen LogP contribution in [-0.4, -0.2) is 69.8 Å². The Hall–Kier alpha value is -1.51. The number of amides is 2. The average molecular weight is 346 g/mol. The van der Waals surface area contributed by atoms with Gasteiger partial charge in [-0.05, 0) is 13.8 Å². The molecule has 0 aliphatic carbocycles. The lowest BCUT2D eigenvalue weighted by Crippen LogP contribution is -2.34. The molecular formula is C16H30N2O6. The molecule has 0 aliphatic rings. The highest BCUT2D eigenvalue weighted by Gasteiger charge is 2.07. The lowest BCUT2D eigenvalue weighted by molar-refractivity contribution is -0.127. The summed E-state index contributed by atoms with van der Waals surface area (Å²) in [6.45, 7) is 8.44. The summed E-state index contributed by atoms with van der Waals surface area (Å²) in [5.74, 6) is -0.510. The van der Waals surface area contributed by atoms with Crippen LogP contribution >= 0.6 is 0 Å². The number of carbonyl (C=O) groups excluding carboxylic acids is 3. The van der Waals surface area contributed by atoms with Crippen molar-refractivity contribution in [1.82, 2.24) is 10.6 Å². The second-order valence-electron chi connectivity index (χ2n) is 5.79. The van der Waals surface area contributed by atoms with Crippen LogP contribution in [0.3, 0.4) is 0 Å². The predicted octanol–water partition coefficient (Wildman–Crippen LogP) is -0.0979. The summed E-state index contributed by atoms with van der Waals surface area (Å²) in [5, 5.41) is 5.23. The van der Waals surface area contributed by atoms with Gasteiger partial charge in [-0.3, -0.25) is 14.4 Å². The summed E-state index contributed by atoms with van der Waals surface area (Å²) >= 11 is 0. The van der Waals surface area contributed by atoms with Gasteiger partial charge in [0.2, 0.25) is 11.8 Å². The fourth-order valence-corrected chi connectivity index (χ4v) is 1.37. The molecule has 0 saturated carbocycles. The third-order valence-corrected chi connectivity index (χ3v) is 2.81. The van der Waals surface area contributed by atoms with Gasteiger partial charge < -0.3 is 24.8 Å². The molecule has 0 heterocycles. The molecule has 140 valence electrons. The third kappa shape index (κ3) is 14.1. The van der Waals surface area contributed by atoms with Gasteiger partial charge in [0.15, 0.2) is 5.78 Å². The minimum atomic E-state index is -0.275. The first-order valence-corrected chi connectivity index (χ1v) is 8.16. The zero-order valence-electron chi connectivity index (χ0n) is 15.1. The lowest BCUT2D eigenvalue weighted by Gasteiger charge is -2.09. The summed E-state index contributed by atoms with van der Waals surface area (Å²) < 4.78 is 15.4. The van der Waals surface area contributed by atoms with Crippen molar-refractivity contribution < 1.29 is 28.6 Å². The molecule has 8 nitrogen and oxygen atoms in total. The molecule has 0 radical (unpaired) electrons. The third-order valence-electron chi connectivity index (χ3n) is 2.81. The van der Waals surface area contributed by atoms with Crippen LogP contribution in [0.25, 0.3) is 0 Å². The molecule has 0 saturated heterocycles. The molecule has 2 amide bonds. The molecule has 0 aromatic heterocycles. The minimum absolute atomic E-state index is 0.00293. The molecule has 0 spiro atoms. The van der Waals surface area contributed by atoms with Crippen molar-refractivity contribution in [1.29, 1.82) is 0 Å². The van der Waals surface area contributed by atoms with Crippen LogP contribution in [0.2, 0.25) is 0 Å². The number of carbonyl (C=O) groups is 3. The van der Waals surface area contributed by atoms with Crippen molar-refractivity contribution in [3.63, 3.8) is 0 Å². The van der Waals surface area contributed by atoms with Gasteiger partial charge >= 0.3 is 0 Å². The summed E-state index contributed by atoms with van der Waals surface area (Å²) in [5.41, 5.74) is 0. The van der Waals surface area contributed by atoms with Crippen molar-refractivity contribution in [2.45, 2.75) is 33.8 Å². The molecule has 0 rings (SSSR count). The van der Waals surface area contributed by atoms with Gasteiger partial charge in [-0.2, -0.15) is 0 Å². The van der Waals surface area contributed by atoms with E-state index >= 15 is 0 Å². The zero-order chi connectivity index (χ0) is 18.4. The van der Waals surface area contributed by atoms with E-state index in [4.69, 9.17) is 14.2 Å². The number of hydrogen-bond donors (Lipinski definition) is 2. The number of hydrogen-bond acceptors (Lipinski definition) is 6. The van der Waals surface area contributed by atoms with Crippen LogP contribution in [0.1, 0.15) is 27.7 Å². The molecule has 0 aromatic rings. The van der Waals surface area contributed by atoms with Crippen LogP contribution in [-0.2, 0) is 28.6 Å². The Labute approximate surface area is 143 Å². The maximum atomic E-state index is 11.5. The fraction of sp³-hybridized carbons (Fsp3) is 0.812. The van der Waals surface area contributed by atoms with Gasteiger partial charge in [-0.15, -0.1) is 0 Å². The smallest absolute Gasteiger partial charge is 0.246 e. The van der Waals surface area contributed by atoms with E-state index in [1.807, 2.05) is 27.7 Å². The maximum Gasteiger partial charge on any atom is 0.246 e. The van der Waals surface area contributed by atoms with E-state index < -0.39 is 0 Å².